The molecule has 8 heteroatoms. The number of ether oxygens (including phenoxy) is 2. The van der Waals surface area contributed by atoms with Gasteiger partial charge in [0.2, 0.25) is 0 Å². The van der Waals surface area contributed by atoms with Crippen LogP contribution in [0.15, 0.2) is 41.5 Å². The molecule has 0 saturated carbocycles. The highest BCUT2D eigenvalue weighted by molar-refractivity contribution is 6.09. The molecule has 26 heavy (non-hydrogen) atoms. The summed E-state index contributed by atoms with van der Waals surface area (Å²) < 4.78 is 11.0. The Hall–Kier alpha value is -3.42. The molecule has 1 heterocycles. The normalized spacial score (nSPS) is 11.1. The van der Waals surface area contributed by atoms with Gasteiger partial charge in [-0.25, -0.2) is 0 Å². The number of hydrogen-bond acceptors (Lipinski definition) is 5. The number of amidine groups is 1. The predicted octanol–water partition coefficient (Wildman–Crippen LogP) is 1.52. The topological polar surface area (TPSA) is 130 Å². The van der Waals surface area contributed by atoms with Crippen LogP contribution in [0.5, 0.6) is 11.5 Å². The number of amides is 2. The van der Waals surface area contributed by atoms with Crippen LogP contribution in [0.1, 0.15) is 40.3 Å². The largest absolute Gasteiger partial charge is 0.490 e. The Balaban J connectivity index is 2.30. The molecule has 0 aliphatic rings. The number of aliphatic imine (C=N–C) groups is 1. The van der Waals surface area contributed by atoms with Gasteiger partial charge in [0.1, 0.15) is 11.5 Å². The molecule has 2 rings (SSSR count). The molecule has 0 radical (unpaired) electrons. The molecule has 0 fully saturated rings. The average Bonchev–Trinajstić information content (AvgIpc) is 2.63. The summed E-state index contributed by atoms with van der Waals surface area (Å²) in [6.45, 7) is 4.59. The number of benzene rings is 1. The Kier molecular flexibility index (Phi) is 6.26. The minimum Gasteiger partial charge on any atom is -0.490 e. The van der Waals surface area contributed by atoms with Crippen LogP contribution in [0, 0.1) is 0 Å². The Morgan fingerprint density at radius 3 is 2.35 bits per heavy atom. The second kappa shape index (κ2) is 8.61. The monoisotopic (exact) mass is 356 g/mol. The number of aromatic nitrogens is 1. The number of nitrogens with zero attached hydrogens (tertiary/aromatic N) is 2. The lowest BCUT2D eigenvalue weighted by molar-refractivity contribution is 0.0990. The first-order chi connectivity index (χ1) is 12.5. The number of carbonyl (C=O) groups excluding carboxylic acids is 2. The second-order valence-electron chi connectivity index (χ2n) is 5.12. The first-order valence-corrected chi connectivity index (χ1v) is 8.00. The van der Waals surface area contributed by atoms with Crippen molar-refractivity contribution in [2.24, 2.45) is 16.5 Å². The van der Waals surface area contributed by atoms with E-state index in [1.54, 1.807) is 18.2 Å². The van der Waals surface area contributed by atoms with Crippen LogP contribution in [0.4, 0.5) is 0 Å². The smallest absolute Gasteiger partial charge is 0.279 e. The molecule has 0 atom stereocenters. The Bertz CT molecular complexity index is 849. The van der Waals surface area contributed by atoms with Gasteiger partial charge in [-0.15, -0.1) is 0 Å². The van der Waals surface area contributed by atoms with E-state index in [2.05, 4.69) is 9.98 Å². The van der Waals surface area contributed by atoms with Gasteiger partial charge < -0.3 is 20.9 Å². The fourth-order valence-corrected chi connectivity index (χ4v) is 2.15. The lowest BCUT2D eigenvalue weighted by Crippen LogP contribution is -2.19. The number of rotatable bonds is 7. The maximum Gasteiger partial charge on any atom is 0.279 e. The van der Waals surface area contributed by atoms with Gasteiger partial charge in [-0.2, -0.15) is 4.99 Å². The molecular weight excluding hydrogens is 336 g/mol. The molecule has 1 aromatic carbocycles. The molecule has 0 aliphatic carbocycles. The maximum absolute atomic E-state index is 12.4. The molecule has 1 aromatic heterocycles. The Morgan fingerprint density at radius 2 is 1.69 bits per heavy atom. The highest BCUT2D eigenvalue weighted by Crippen LogP contribution is 2.28. The van der Waals surface area contributed by atoms with E-state index in [1.807, 2.05) is 13.8 Å². The summed E-state index contributed by atoms with van der Waals surface area (Å²) in [6, 6.07) is 7.68. The van der Waals surface area contributed by atoms with Crippen LogP contribution < -0.4 is 20.9 Å². The SMILES string of the molecule is CCOc1ccc(C(=O)N=C(N)c2ccnc(C(N)=O)c2)cc1OCC. The van der Waals surface area contributed by atoms with Crippen LogP contribution in [0.3, 0.4) is 0 Å². The Labute approximate surface area is 150 Å². The number of pyridine rings is 1. The van der Waals surface area contributed by atoms with E-state index < -0.39 is 11.8 Å². The third-order valence-electron chi connectivity index (χ3n) is 3.32. The molecule has 0 spiro atoms. The molecule has 2 amide bonds. The summed E-state index contributed by atoms with van der Waals surface area (Å²) in [7, 11) is 0. The zero-order valence-corrected chi connectivity index (χ0v) is 14.6. The van der Waals surface area contributed by atoms with Crippen molar-refractivity contribution < 1.29 is 19.1 Å². The van der Waals surface area contributed by atoms with Gasteiger partial charge in [-0.1, -0.05) is 0 Å². The number of nitrogens with two attached hydrogens (primary N) is 2. The zero-order chi connectivity index (χ0) is 19.1. The molecule has 0 aliphatic heterocycles. The first-order valence-electron chi connectivity index (χ1n) is 8.00. The molecular formula is C18H20N4O4. The highest BCUT2D eigenvalue weighted by atomic mass is 16.5. The second-order valence-corrected chi connectivity index (χ2v) is 5.12. The van der Waals surface area contributed by atoms with Gasteiger partial charge >= 0.3 is 0 Å². The lowest BCUT2D eigenvalue weighted by Gasteiger charge is -2.11. The molecule has 0 saturated heterocycles. The molecule has 0 unspecified atom stereocenters. The Morgan fingerprint density at radius 1 is 1.00 bits per heavy atom. The minimum atomic E-state index is -0.696. The third kappa shape index (κ3) is 4.56. The van der Waals surface area contributed by atoms with Gasteiger partial charge in [-0.05, 0) is 44.2 Å². The summed E-state index contributed by atoms with van der Waals surface area (Å²) in [5.74, 6) is -0.300. The van der Waals surface area contributed by atoms with Crippen molar-refractivity contribution in [2.45, 2.75) is 13.8 Å². The average molecular weight is 356 g/mol. The summed E-state index contributed by atoms with van der Waals surface area (Å²) in [5.41, 5.74) is 11.8. The zero-order valence-electron chi connectivity index (χ0n) is 14.6. The van der Waals surface area contributed by atoms with E-state index in [1.165, 1.54) is 18.3 Å². The van der Waals surface area contributed by atoms with Gasteiger partial charge in [0.05, 0.1) is 13.2 Å². The fourth-order valence-electron chi connectivity index (χ4n) is 2.15. The van der Waals surface area contributed by atoms with Gasteiger partial charge in [0.15, 0.2) is 11.5 Å². The van der Waals surface area contributed by atoms with Gasteiger partial charge in [0.25, 0.3) is 11.8 Å². The maximum atomic E-state index is 12.4. The molecule has 0 bridgehead atoms. The third-order valence-corrected chi connectivity index (χ3v) is 3.32. The van der Waals surface area contributed by atoms with Crippen molar-refractivity contribution in [3.05, 3.63) is 53.3 Å². The van der Waals surface area contributed by atoms with Crippen molar-refractivity contribution in [3.8, 4) is 11.5 Å². The summed E-state index contributed by atoms with van der Waals surface area (Å²) in [6.07, 6.45) is 1.37. The van der Waals surface area contributed by atoms with E-state index >= 15 is 0 Å². The van der Waals surface area contributed by atoms with Gasteiger partial charge in [0, 0.05) is 17.3 Å². The summed E-state index contributed by atoms with van der Waals surface area (Å²) in [5, 5.41) is 0. The molecule has 4 N–H and O–H groups in total. The summed E-state index contributed by atoms with van der Waals surface area (Å²) >= 11 is 0. The van der Waals surface area contributed by atoms with Crippen molar-refractivity contribution in [2.75, 3.05) is 13.2 Å². The number of carbonyl (C=O) groups is 2. The van der Waals surface area contributed by atoms with Crippen LogP contribution in [0.2, 0.25) is 0 Å². The fraction of sp³-hybridized carbons (Fsp3) is 0.222. The molecule has 8 nitrogen and oxygen atoms in total. The number of primary amides is 1. The van der Waals surface area contributed by atoms with Crippen molar-refractivity contribution in [1.82, 2.24) is 4.98 Å². The van der Waals surface area contributed by atoms with E-state index in [0.717, 1.165) is 0 Å². The van der Waals surface area contributed by atoms with Crippen LogP contribution >= 0.6 is 0 Å². The minimum absolute atomic E-state index is 0.0350. The number of hydrogen-bond donors (Lipinski definition) is 2. The van der Waals surface area contributed by atoms with Crippen molar-refractivity contribution in [1.29, 1.82) is 0 Å². The van der Waals surface area contributed by atoms with Crippen molar-refractivity contribution >= 4 is 17.6 Å². The van der Waals surface area contributed by atoms with Gasteiger partial charge in [-0.3, -0.25) is 14.6 Å². The first kappa shape index (κ1) is 18.9. The van der Waals surface area contributed by atoms with E-state index in [-0.39, 0.29) is 11.5 Å². The van der Waals surface area contributed by atoms with Crippen LogP contribution in [-0.2, 0) is 0 Å². The van der Waals surface area contributed by atoms with E-state index in [9.17, 15) is 9.59 Å². The van der Waals surface area contributed by atoms with E-state index in [4.69, 9.17) is 20.9 Å². The van der Waals surface area contributed by atoms with Crippen LogP contribution in [-0.4, -0.2) is 35.8 Å². The standard InChI is InChI=1S/C18H20N4O4/c1-3-25-14-6-5-12(10-15(14)26-4-2)18(24)22-16(19)11-7-8-21-13(9-11)17(20)23/h5-10H,3-4H2,1-2H3,(H2,20,23)(H2,19,22,24). The van der Waals surface area contributed by atoms with Crippen molar-refractivity contribution in [3.63, 3.8) is 0 Å². The predicted molar refractivity (Wildman–Crippen MR) is 96.6 cm³/mol. The van der Waals surface area contributed by atoms with E-state index in [0.29, 0.717) is 35.8 Å². The summed E-state index contributed by atoms with van der Waals surface area (Å²) in [4.78, 5) is 31.3. The van der Waals surface area contributed by atoms with Crippen LogP contribution in [0.25, 0.3) is 0 Å². The highest BCUT2D eigenvalue weighted by Gasteiger charge is 2.13. The molecule has 2 aromatic rings. The lowest BCUT2D eigenvalue weighted by atomic mass is 10.1. The molecule has 136 valence electrons. The quantitative estimate of drug-likeness (QED) is 0.571.